The SMILES string of the molecule is O=C(O)N1CC(Oc2nc(-c3cccnc3)cs2)C(c2ccccc2)C1. The number of aromatic nitrogens is 2. The third-order valence-electron chi connectivity index (χ3n) is 4.46. The van der Waals surface area contributed by atoms with E-state index in [1.54, 1.807) is 12.4 Å². The molecule has 26 heavy (non-hydrogen) atoms. The van der Waals surface area contributed by atoms with Crippen LogP contribution in [0.2, 0.25) is 0 Å². The summed E-state index contributed by atoms with van der Waals surface area (Å²) in [6, 6.07) is 13.7. The number of amides is 1. The van der Waals surface area contributed by atoms with Crippen molar-refractivity contribution in [2.75, 3.05) is 13.1 Å². The van der Waals surface area contributed by atoms with Crippen LogP contribution in [0.5, 0.6) is 5.19 Å². The van der Waals surface area contributed by atoms with Crippen LogP contribution in [-0.2, 0) is 0 Å². The van der Waals surface area contributed by atoms with Crippen molar-refractivity contribution in [3.05, 3.63) is 65.8 Å². The number of pyridine rings is 1. The van der Waals surface area contributed by atoms with Crippen LogP contribution < -0.4 is 4.74 Å². The summed E-state index contributed by atoms with van der Waals surface area (Å²) in [6.45, 7) is 0.752. The molecule has 1 aliphatic rings. The Kier molecular flexibility index (Phi) is 4.53. The van der Waals surface area contributed by atoms with Crippen LogP contribution in [0.15, 0.2) is 60.2 Å². The number of likely N-dealkylation sites (tertiary alicyclic amines) is 1. The Hall–Kier alpha value is -2.93. The van der Waals surface area contributed by atoms with E-state index in [1.807, 2.05) is 47.8 Å². The van der Waals surface area contributed by atoms with Gasteiger partial charge in [-0.3, -0.25) is 4.98 Å². The molecule has 2 aromatic heterocycles. The summed E-state index contributed by atoms with van der Waals surface area (Å²) >= 11 is 1.41. The highest BCUT2D eigenvalue weighted by Crippen LogP contribution is 2.33. The van der Waals surface area contributed by atoms with Gasteiger partial charge in [-0.1, -0.05) is 41.7 Å². The first-order valence-corrected chi connectivity index (χ1v) is 9.14. The molecule has 7 heteroatoms. The molecule has 1 amide bonds. The van der Waals surface area contributed by atoms with Crippen molar-refractivity contribution in [1.82, 2.24) is 14.9 Å². The van der Waals surface area contributed by atoms with Gasteiger partial charge < -0.3 is 14.7 Å². The van der Waals surface area contributed by atoms with Crippen molar-refractivity contribution in [3.63, 3.8) is 0 Å². The van der Waals surface area contributed by atoms with Crippen molar-refractivity contribution in [3.8, 4) is 16.5 Å². The van der Waals surface area contributed by atoms with Gasteiger partial charge >= 0.3 is 6.09 Å². The molecule has 0 aliphatic carbocycles. The fourth-order valence-corrected chi connectivity index (χ4v) is 3.89. The smallest absolute Gasteiger partial charge is 0.407 e. The van der Waals surface area contributed by atoms with Crippen LogP contribution in [0.4, 0.5) is 4.79 Å². The molecule has 6 nitrogen and oxygen atoms in total. The van der Waals surface area contributed by atoms with Gasteiger partial charge in [0.1, 0.15) is 6.10 Å². The number of nitrogens with zero attached hydrogens (tertiary/aromatic N) is 3. The normalized spacial score (nSPS) is 19.5. The van der Waals surface area contributed by atoms with Crippen molar-refractivity contribution >= 4 is 17.4 Å². The van der Waals surface area contributed by atoms with Gasteiger partial charge in [-0.15, -0.1) is 0 Å². The zero-order valence-electron chi connectivity index (χ0n) is 13.9. The second-order valence-electron chi connectivity index (χ2n) is 6.10. The molecule has 1 N–H and O–H groups in total. The minimum atomic E-state index is -0.924. The van der Waals surface area contributed by atoms with E-state index in [2.05, 4.69) is 9.97 Å². The monoisotopic (exact) mass is 367 g/mol. The van der Waals surface area contributed by atoms with Crippen molar-refractivity contribution < 1.29 is 14.6 Å². The molecule has 2 atom stereocenters. The topological polar surface area (TPSA) is 75.5 Å². The molecule has 132 valence electrons. The molecule has 0 saturated carbocycles. The molecule has 1 saturated heterocycles. The van der Waals surface area contributed by atoms with E-state index in [-0.39, 0.29) is 12.0 Å². The lowest BCUT2D eigenvalue weighted by Crippen LogP contribution is -2.29. The molecule has 0 spiro atoms. The number of ether oxygens (including phenoxy) is 1. The average Bonchev–Trinajstić information content (AvgIpc) is 3.31. The summed E-state index contributed by atoms with van der Waals surface area (Å²) in [5, 5.41) is 11.8. The number of benzene rings is 1. The predicted molar refractivity (Wildman–Crippen MR) is 98.5 cm³/mol. The highest BCUT2D eigenvalue weighted by molar-refractivity contribution is 7.11. The molecule has 3 aromatic rings. The summed E-state index contributed by atoms with van der Waals surface area (Å²) in [6.07, 6.45) is 2.29. The molecule has 4 rings (SSSR count). The number of rotatable bonds is 4. The Balaban J connectivity index is 1.55. The lowest BCUT2D eigenvalue weighted by molar-refractivity contribution is 0.145. The van der Waals surface area contributed by atoms with Gasteiger partial charge in [-0.05, 0) is 17.7 Å². The average molecular weight is 367 g/mol. The summed E-state index contributed by atoms with van der Waals surface area (Å²) in [7, 11) is 0. The van der Waals surface area contributed by atoms with Gasteiger partial charge in [0.25, 0.3) is 5.19 Å². The Labute approximate surface area is 154 Å². The first-order valence-electron chi connectivity index (χ1n) is 8.26. The zero-order chi connectivity index (χ0) is 17.9. The standard InChI is InChI=1S/C19H17N3O3S/c23-19(24)22-10-15(13-5-2-1-3-6-13)17(11-22)25-18-21-16(12-26-18)14-7-4-8-20-9-14/h1-9,12,15,17H,10-11H2,(H,23,24). The van der Waals surface area contributed by atoms with Crippen molar-refractivity contribution in [2.45, 2.75) is 12.0 Å². The van der Waals surface area contributed by atoms with Gasteiger partial charge in [0.05, 0.1) is 12.2 Å². The summed E-state index contributed by atoms with van der Waals surface area (Å²) in [5.74, 6) is -0.0157. The third kappa shape index (κ3) is 3.39. The van der Waals surface area contributed by atoms with Crippen molar-refractivity contribution in [2.24, 2.45) is 0 Å². The maximum atomic E-state index is 11.4. The fraction of sp³-hybridized carbons (Fsp3) is 0.211. The molecule has 0 radical (unpaired) electrons. The van der Waals surface area contributed by atoms with Crippen LogP contribution in [0.3, 0.4) is 0 Å². The van der Waals surface area contributed by atoms with Crippen LogP contribution in [-0.4, -0.2) is 45.3 Å². The first-order chi connectivity index (χ1) is 12.7. The Morgan fingerprint density at radius 2 is 2.04 bits per heavy atom. The molecule has 1 aromatic carbocycles. The van der Waals surface area contributed by atoms with Crippen LogP contribution in [0.25, 0.3) is 11.3 Å². The minimum absolute atomic E-state index is 0.0157. The van der Waals surface area contributed by atoms with Gasteiger partial charge in [-0.2, -0.15) is 0 Å². The molecular weight excluding hydrogens is 350 g/mol. The van der Waals surface area contributed by atoms with Gasteiger partial charge in [0.2, 0.25) is 0 Å². The Morgan fingerprint density at radius 1 is 1.19 bits per heavy atom. The third-order valence-corrected chi connectivity index (χ3v) is 5.19. The van der Waals surface area contributed by atoms with E-state index < -0.39 is 6.09 Å². The summed E-state index contributed by atoms with van der Waals surface area (Å²) in [4.78, 5) is 21.5. The summed E-state index contributed by atoms with van der Waals surface area (Å²) < 4.78 is 6.11. The van der Waals surface area contributed by atoms with Gasteiger partial charge in [0, 0.05) is 35.8 Å². The predicted octanol–water partition coefficient (Wildman–Crippen LogP) is 3.73. The highest BCUT2D eigenvalue weighted by atomic mass is 32.1. The van der Waals surface area contributed by atoms with Gasteiger partial charge in [-0.25, -0.2) is 9.78 Å². The maximum Gasteiger partial charge on any atom is 0.407 e. The van der Waals surface area contributed by atoms with E-state index in [4.69, 9.17) is 4.74 Å². The fourth-order valence-electron chi connectivity index (χ4n) is 3.16. The van der Waals surface area contributed by atoms with Crippen molar-refractivity contribution in [1.29, 1.82) is 0 Å². The maximum absolute atomic E-state index is 11.4. The molecule has 2 unspecified atom stereocenters. The molecular formula is C19H17N3O3S. The number of carbonyl (C=O) groups is 1. The number of carboxylic acid groups (broad SMARTS) is 1. The molecule has 0 bridgehead atoms. The molecule has 1 fully saturated rings. The highest BCUT2D eigenvalue weighted by Gasteiger charge is 2.38. The van der Waals surface area contributed by atoms with Crippen LogP contribution in [0.1, 0.15) is 11.5 Å². The zero-order valence-corrected chi connectivity index (χ0v) is 14.7. The number of hydrogen-bond donors (Lipinski definition) is 1. The molecule has 1 aliphatic heterocycles. The lowest BCUT2D eigenvalue weighted by Gasteiger charge is -2.18. The summed E-state index contributed by atoms with van der Waals surface area (Å²) in [5.41, 5.74) is 2.81. The number of thiazole rings is 1. The van der Waals surface area contributed by atoms with Gasteiger partial charge in [0.15, 0.2) is 0 Å². The second-order valence-corrected chi connectivity index (χ2v) is 6.92. The Morgan fingerprint density at radius 3 is 2.77 bits per heavy atom. The van der Waals surface area contributed by atoms with E-state index in [9.17, 15) is 9.90 Å². The van der Waals surface area contributed by atoms with E-state index in [1.165, 1.54) is 16.2 Å². The first kappa shape index (κ1) is 16.5. The van der Waals surface area contributed by atoms with E-state index in [0.29, 0.717) is 18.3 Å². The minimum Gasteiger partial charge on any atom is -0.465 e. The molecule has 3 heterocycles. The number of hydrogen-bond acceptors (Lipinski definition) is 5. The quantitative estimate of drug-likeness (QED) is 0.760. The Bertz CT molecular complexity index is 885. The van der Waals surface area contributed by atoms with Crippen LogP contribution in [0, 0.1) is 0 Å². The van der Waals surface area contributed by atoms with E-state index >= 15 is 0 Å². The van der Waals surface area contributed by atoms with E-state index in [0.717, 1.165) is 16.8 Å². The second kappa shape index (κ2) is 7.13. The van der Waals surface area contributed by atoms with Crippen LogP contribution >= 0.6 is 11.3 Å². The largest absolute Gasteiger partial charge is 0.465 e. The lowest BCUT2D eigenvalue weighted by atomic mass is 9.96.